The Morgan fingerprint density at radius 3 is 2.31 bits per heavy atom. The average Bonchev–Trinajstić information content (AvgIpc) is 3.53. The minimum atomic E-state index is -1.12. The molecule has 3 aliphatic rings. The number of aliphatic hydroxyl groups excluding tert-OH is 1. The predicted molar refractivity (Wildman–Crippen MR) is 164 cm³/mol. The molecule has 2 bridgehead atoms. The molecule has 8 N–H and O–H groups in total. The van der Waals surface area contributed by atoms with E-state index >= 15 is 0 Å². The number of rotatable bonds is 3. The highest BCUT2D eigenvalue weighted by Gasteiger charge is 2.30. The first-order valence-electron chi connectivity index (χ1n) is 15.3. The molecule has 13 nitrogen and oxygen atoms in total. The summed E-state index contributed by atoms with van der Waals surface area (Å²) in [6, 6.07) is 8.86. The van der Waals surface area contributed by atoms with Gasteiger partial charge in [0.05, 0.1) is 12.3 Å². The Morgan fingerprint density at radius 1 is 0.867 bits per heavy atom. The zero-order valence-corrected chi connectivity index (χ0v) is 25.1. The van der Waals surface area contributed by atoms with Crippen molar-refractivity contribution in [3.8, 4) is 0 Å². The SMILES string of the molecule is NC(=O)[C@@H]1CCCNC(=O)/C=C/C(=O)NC2CCC(CC2)C(=O)N[C@@H](Cc2ccco2)C(=O)NCc2ccccc2CC(O)N1. The summed E-state index contributed by atoms with van der Waals surface area (Å²) in [7, 11) is 0. The summed E-state index contributed by atoms with van der Waals surface area (Å²) in [5, 5.41) is 25.0. The lowest BCUT2D eigenvalue weighted by atomic mass is 9.85. The van der Waals surface area contributed by atoms with Gasteiger partial charge >= 0.3 is 0 Å². The summed E-state index contributed by atoms with van der Waals surface area (Å²) < 4.78 is 5.45. The van der Waals surface area contributed by atoms with Crippen LogP contribution in [-0.2, 0) is 43.4 Å². The van der Waals surface area contributed by atoms with E-state index in [2.05, 4.69) is 26.6 Å². The molecular weight excluding hydrogens is 580 g/mol. The van der Waals surface area contributed by atoms with E-state index in [1.54, 1.807) is 12.1 Å². The minimum Gasteiger partial charge on any atom is -0.469 e. The van der Waals surface area contributed by atoms with E-state index in [-0.39, 0.29) is 56.1 Å². The van der Waals surface area contributed by atoms with E-state index in [9.17, 15) is 29.1 Å². The van der Waals surface area contributed by atoms with Crippen LogP contribution in [0, 0.1) is 5.92 Å². The normalized spacial score (nSPS) is 27.0. The van der Waals surface area contributed by atoms with Crippen LogP contribution in [0.1, 0.15) is 55.4 Å². The minimum absolute atomic E-state index is 0.134. The zero-order chi connectivity index (χ0) is 32.2. The van der Waals surface area contributed by atoms with Gasteiger partial charge in [-0.05, 0) is 61.8 Å². The number of primary amides is 1. The summed E-state index contributed by atoms with van der Waals surface area (Å²) in [6.45, 7) is 0.381. The topological polar surface area (TPSA) is 205 Å². The van der Waals surface area contributed by atoms with Crippen molar-refractivity contribution in [1.29, 1.82) is 0 Å². The van der Waals surface area contributed by atoms with Crippen LogP contribution in [0.15, 0.2) is 59.2 Å². The number of aliphatic hydroxyl groups is 1. The molecule has 3 heterocycles. The number of hydrogen-bond donors (Lipinski definition) is 7. The second-order valence-electron chi connectivity index (χ2n) is 11.5. The third-order valence-electron chi connectivity index (χ3n) is 8.14. The van der Waals surface area contributed by atoms with Crippen molar-refractivity contribution in [2.45, 2.75) is 82.3 Å². The molecule has 5 amide bonds. The van der Waals surface area contributed by atoms with Gasteiger partial charge in [0.2, 0.25) is 29.5 Å². The van der Waals surface area contributed by atoms with E-state index in [1.165, 1.54) is 6.26 Å². The van der Waals surface area contributed by atoms with Crippen LogP contribution in [0.5, 0.6) is 0 Å². The molecule has 2 aliphatic heterocycles. The molecule has 1 unspecified atom stereocenters. The van der Waals surface area contributed by atoms with Crippen LogP contribution < -0.4 is 32.3 Å². The summed E-state index contributed by atoms with van der Waals surface area (Å²) in [5.41, 5.74) is 7.06. The van der Waals surface area contributed by atoms with E-state index in [4.69, 9.17) is 10.2 Å². The number of fused-ring (bicyclic) bond motifs is 18. The third kappa shape index (κ3) is 10.6. The maximum atomic E-state index is 13.4. The maximum absolute atomic E-state index is 13.4. The number of amides is 5. The third-order valence-corrected chi connectivity index (χ3v) is 8.14. The van der Waals surface area contributed by atoms with Crippen molar-refractivity contribution < 1.29 is 33.5 Å². The molecule has 2 aromatic rings. The number of nitrogens with one attached hydrogen (secondary N) is 5. The monoisotopic (exact) mass is 622 g/mol. The van der Waals surface area contributed by atoms with Crippen molar-refractivity contribution in [1.82, 2.24) is 26.6 Å². The van der Waals surface area contributed by atoms with Gasteiger partial charge in [0.1, 0.15) is 18.0 Å². The lowest BCUT2D eigenvalue weighted by molar-refractivity contribution is -0.132. The first-order chi connectivity index (χ1) is 21.7. The summed E-state index contributed by atoms with van der Waals surface area (Å²) in [6.07, 6.45) is 5.88. The molecule has 3 atom stereocenters. The summed E-state index contributed by atoms with van der Waals surface area (Å²) >= 11 is 0. The van der Waals surface area contributed by atoms with Crippen LogP contribution >= 0.6 is 0 Å². The van der Waals surface area contributed by atoms with Crippen LogP contribution in [-0.4, -0.2) is 65.5 Å². The summed E-state index contributed by atoms with van der Waals surface area (Å²) in [4.78, 5) is 63.3. The van der Waals surface area contributed by atoms with Gasteiger partial charge in [0, 0.05) is 50.0 Å². The van der Waals surface area contributed by atoms with Gasteiger partial charge in [-0.25, -0.2) is 0 Å². The molecule has 1 fully saturated rings. The molecule has 13 heteroatoms. The molecule has 1 aliphatic carbocycles. The van der Waals surface area contributed by atoms with E-state index in [1.807, 2.05) is 24.3 Å². The lowest BCUT2D eigenvalue weighted by Crippen LogP contribution is -2.50. The van der Waals surface area contributed by atoms with E-state index in [0.29, 0.717) is 37.9 Å². The first kappa shape index (κ1) is 33.4. The Bertz CT molecular complexity index is 1350. The lowest BCUT2D eigenvalue weighted by Gasteiger charge is -2.29. The zero-order valence-electron chi connectivity index (χ0n) is 25.1. The molecule has 242 valence electrons. The molecule has 0 saturated heterocycles. The van der Waals surface area contributed by atoms with Gasteiger partial charge in [-0.2, -0.15) is 0 Å². The van der Waals surface area contributed by atoms with E-state index in [0.717, 1.165) is 23.3 Å². The Balaban J connectivity index is 1.51. The van der Waals surface area contributed by atoms with Crippen molar-refractivity contribution in [3.05, 3.63) is 71.7 Å². The van der Waals surface area contributed by atoms with E-state index < -0.39 is 36.0 Å². The van der Waals surface area contributed by atoms with Gasteiger partial charge in [0.15, 0.2) is 0 Å². The van der Waals surface area contributed by atoms with Crippen LogP contribution in [0.4, 0.5) is 0 Å². The molecule has 45 heavy (non-hydrogen) atoms. The van der Waals surface area contributed by atoms with Gasteiger partial charge < -0.3 is 36.5 Å². The molecule has 5 rings (SSSR count). The number of carbonyl (C=O) groups is 5. The quantitative estimate of drug-likeness (QED) is 0.249. The molecular formula is C32H42N6O7. The Morgan fingerprint density at radius 2 is 1.60 bits per heavy atom. The number of hydrogen-bond acceptors (Lipinski definition) is 8. The second kappa shape index (κ2) is 16.5. The van der Waals surface area contributed by atoms with Gasteiger partial charge in [-0.1, -0.05) is 24.3 Å². The Kier molecular flexibility index (Phi) is 12.3. The highest BCUT2D eigenvalue weighted by Crippen LogP contribution is 2.25. The smallest absolute Gasteiger partial charge is 0.244 e. The fourth-order valence-electron chi connectivity index (χ4n) is 5.65. The standard InChI is InChI=1S/C32H42N6O7/c33-30(42)25-8-3-15-34-27(39)13-14-28(40)36-23-11-9-20(10-12-23)31(43)38-26(18-24-7-4-16-45-24)32(44)35-19-22-6-2-1-5-21(22)17-29(41)37-25/h1-2,4-7,13-14,16,20,23,25-26,29,37,41H,3,8-12,15,17-19H2,(H2,33,42)(H,34,39)(H,35,44)(H,36,40)(H,38,43)/b14-13+/t20?,23?,25-,26-,29?/m0/s1. The largest absolute Gasteiger partial charge is 0.469 e. The summed E-state index contributed by atoms with van der Waals surface area (Å²) in [5.74, 6) is -1.91. The highest BCUT2D eigenvalue weighted by atomic mass is 16.3. The first-order valence-corrected chi connectivity index (χ1v) is 15.3. The molecule has 1 saturated carbocycles. The molecule has 1 aromatic heterocycles. The van der Waals surface area contributed by atoms with Gasteiger partial charge in [-0.15, -0.1) is 0 Å². The van der Waals surface area contributed by atoms with Crippen molar-refractivity contribution in [2.24, 2.45) is 11.7 Å². The van der Waals surface area contributed by atoms with Crippen molar-refractivity contribution in [3.63, 3.8) is 0 Å². The molecule has 1 aromatic carbocycles. The van der Waals surface area contributed by atoms with Gasteiger partial charge in [0.25, 0.3) is 0 Å². The Labute approximate surface area is 261 Å². The van der Waals surface area contributed by atoms with Crippen LogP contribution in [0.3, 0.4) is 0 Å². The Hall–Kier alpha value is -4.49. The fraction of sp³-hybridized carbons (Fsp3) is 0.469. The number of carbonyl (C=O) groups excluding carboxylic acids is 5. The van der Waals surface area contributed by atoms with Gasteiger partial charge in [-0.3, -0.25) is 29.3 Å². The number of furan rings is 1. The van der Waals surface area contributed by atoms with Crippen molar-refractivity contribution >= 4 is 29.5 Å². The highest BCUT2D eigenvalue weighted by molar-refractivity contribution is 5.96. The predicted octanol–water partition coefficient (Wildman–Crippen LogP) is 0.0689. The molecule has 0 spiro atoms. The molecule has 0 radical (unpaired) electrons. The van der Waals surface area contributed by atoms with Crippen molar-refractivity contribution in [2.75, 3.05) is 6.54 Å². The average molecular weight is 623 g/mol. The number of nitrogens with two attached hydrogens (primary N) is 1. The number of benzene rings is 1. The van der Waals surface area contributed by atoms with Crippen LogP contribution in [0.2, 0.25) is 0 Å². The fourth-order valence-corrected chi connectivity index (χ4v) is 5.65. The maximum Gasteiger partial charge on any atom is 0.244 e. The van der Waals surface area contributed by atoms with Crippen LogP contribution in [0.25, 0.3) is 0 Å². The second-order valence-corrected chi connectivity index (χ2v) is 11.5.